The quantitative estimate of drug-likeness (QED) is 0.0159. The minimum Gasteiger partial charge on any atom is -0.380 e. The lowest BCUT2D eigenvalue weighted by Crippen LogP contribution is -2.50. The van der Waals surface area contributed by atoms with Crippen molar-refractivity contribution in [2.45, 2.75) is 366 Å². The second-order valence-corrected chi connectivity index (χ2v) is 34.2. The normalized spacial score (nSPS) is 11.8. The lowest BCUT2D eigenvalue weighted by molar-refractivity contribution is -0.0679. The number of ether oxygens (including phenoxy) is 12. The molecule has 0 unspecified atom stereocenters. The molecule has 0 atom stereocenters. The van der Waals surface area contributed by atoms with E-state index < -0.39 is 5.54 Å². The molecule has 5 rings (SSSR count). The molecule has 5 aromatic rings. The van der Waals surface area contributed by atoms with E-state index in [1.807, 2.05) is 12.2 Å². The summed E-state index contributed by atoms with van der Waals surface area (Å²) in [6.07, 6.45) is 70.9. The second kappa shape index (κ2) is 83.0. The maximum atomic E-state index is 6.53. The van der Waals surface area contributed by atoms with Crippen LogP contribution in [0.1, 0.15) is 373 Å². The van der Waals surface area contributed by atoms with Gasteiger partial charge in [0.15, 0.2) is 0 Å². The van der Waals surface area contributed by atoms with E-state index in [0.717, 1.165) is 127 Å². The van der Waals surface area contributed by atoms with Gasteiger partial charge in [-0.1, -0.05) is 434 Å². The summed E-state index contributed by atoms with van der Waals surface area (Å²) in [6, 6.07) is 50.0. The van der Waals surface area contributed by atoms with Crippen LogP contribution in [0, 0.1) is 0 Å². The van der Waals surface area contributed by atoms with Crippen LogP contribution in [-0.2, 0) is 88.8 Å². The molecule has 0 aromatic heterocycles. The van der Waals surface area contributed by atoms with Crippen molar-refractivity contribution in [3.8, 4) is 0 Å². The standard InChI is InChI=1S/C109H177NO12/c1-3-82-111-84-62-41-33-25-17-9-5-13-21-29-37-45-66-88-115-98-119-94-102-70-58-60-72-104(102)96-121-100-117-90-68-47-39-31-23-15-7-11-19-27-35-43-64-86-113-92-80-110(109(106-74-52-49-53-75-106,107-76-54-50-55-77-107)108-78-56-51-57-79-108)81-93-114-87-65-44-36-28-20-12-8-16-24-32-40-48-69-91-118-101-122-97-105-73-61-59-71-103(105)95-120-99-116-89-67-46-38-30-22-14-6-10-18-26-34-42-63-85-112-83-4-2/h3-4,49-61,70-79H,1-2,5-48,62-69,80-101H2. The fourth-order valence-corrected chi connectivity index (χ4v) is 16.6. The zero-order chi connectivity index (χ0) is 85.6. The van der Waals surface area contributed by atoms with Gasteiger partial charge in [0.1, 0.15) is 27.2 Å². The molecule has 0 radical (unpaired) electrons. The Labute approximate surface area is 746 Å². The summed E-state index contributed by atoms with van der Waals surface area (Å²) in [7, 11) is 0. The topological polar surface area (TPSA) is 114 Å². The summed E-state index contributed by atoms with van der Waals surface area (Å²) >= 11 is 0. The first-order valence-electron chi connectivity index (χ1n) is 50.0. The maximum absolute atomic E-state index is 6.53. The van der Waals surface area contributed by atoms with Crippen LogP contribution in [0.3, 0.4) is 0 Å². The highest BCUT2D eigenvalue weighted by molar-refractivity contribution is 5.49. The average molecular weight is 1690 g/mol. The van der Waals surface area contributed by atoms with Crippen molar-refractivity contribution in [3.05, 3.63) is 204 Å². The van der Waals surface area contributed by atoms with Crippen molar-refractivity contribution in [2.24, 2.45) is 0 Å². The largest absolute Gasteiger partial charge is 0.380 e. The van der Waals surface area contributed by atoms with Gasteiger partial charge in [-0.25, -0.2) is 0 Å². The Balaban J connectivity index is 0.794. The van der Waals surface area contributed by atoms with Crippen LogP contribution in [0.4, 0.5) is 0 Å². The van der Waals surface area contributed by atoms with Crippen molar-refractivity contribution in [3.63, 3.8) is 0 Å². The fourth-order valence-electron chi connectivity index (χ4n) is 16.6. The van der Waals surface area contributed by atoms with Crippen LogP contribution in [0.25, 0.3) is 0 Å². The van der Waals surface area contributed by atoms with Crippen LogP contribution in [0.5, 0.6) is 0 Å². The maximum Gasteiger partial charge on any atom is 0.147 e. The molecule has 13 heteroatoms. The van der Waals surface area contributed by atoms with Crippen LogP contribution >= 0.6 is 0 Å². The smallest absolute Gasteiger partial charge is 0.147 e. The third kappa shape index (κ3) is 57.7. The molecule has 122 heavy (non-hydrogen) atoms. The first-order chi connectivity index (χ1) is 60.8. The van der Waals surface area contributed by atoms with Gasteiger partial charge < -0.3 is 56.8 Å². The molecule has 0 aliphatic rings. The van der Waals surface area contributed by atoms with E-state index in [1.165, 1.54) is 312 Å². The zero-order valence-corrected chi connectivity index (χ0v) is 77.5. The highest BCUT2D eigenvalue weighted by Gasteiger charge is 2.42. The molecule has 13 nitrogen and oxygen atoms in total. The van der Waals surface area contributed by atoms with E-state index in [4.69, 9.17) is 56.8 Å². The number of unbranched alkanes of at least 4 members (excludes halogenated alkanes) is 48. The van der Waals surface area contributed by atoms with Crippen LogP contribution in [0.15, 0.2) is 165 Å². The number of nitrogens with zero attached hydrogens (tertiary/aromatic N) is 1. The molecule has 0 heterocycles. The molecule has 690 valence electrons. The minimum atomic E-state index is -0.508. The van der Waals surface area contributed by atoms with Crippen molar-refractivity contribution in [1.29, 1.82) is 0 Å². The molecule has 0 saturated carbocycles. The lowest BCUT2D eigenvalue weighted by Gasteiger charge is -2.45. The third-order valence-corrected chi connectivity index (χ3v) is 23.8. The van der Waals surface area contributed by atoms with Crippen LogP contribution in [0.2, 0.25) is 0 Å². The molecular weight excluding hydrogens is 1520 g/mol. The Hall–Kier alpha value is -4.94. The van der Waals surface area contributed by atoms with E-state index in [-0.39, 0.29) is 0 Å². The summed E-state index contributed by atoms with van der Waals surface area (Å²) in [5, 5.41) is 0. The van der Waals surface area contributed by atoms with Crippen LogP contribution < -0.4 is 0 Å². The van der Waals surface area contributed by atoms with E-state index >= 15 is 0 Å². The Morgan fingerprint density at radius 2 is 0.361 bits per heavy atom. The van der Waals surface area contributed by atoms with Gasteiger partial charge in [-0.3, -0.25) is 4.90 Å². The van der Waals surface area contributed by atoms with Gasteiger partial charge in [-0.15, -0.1) is 13.2 Å². The van der Waals surface area contributed by atoms with Crippen LogP contribution in [-0.4, -0.2) is 124 Å². The summed E-state index contributed by atoms with van der Waals surface area (Å²) < 4.78 is 71.0. The van der Waals surface area contributed by atoms with Crippen molar-refractivity contribution in [1.82, 2.24) is 4.90 Å². The Morgan fingerprint density at radius 3 is 0.557 bits per heavy atom. The van der Waals surface area contributed by atoms with Gasteiger partial charge >= 0.3 is 0 Å². The second-order valence-electron chi connectivity index (χ2n) is 34.2. The average Bonchev–Trinajstić information content (AvgIpc) is 0.740. The van der Waals surface area contributed by atoms with Gasteiger partial charge in [0.25, 0.3) is 0 Å². The van der Waals surface area contributed by atoms with E-state index in [2.05, 4.69) is 158 Å². The Morgan fingerprint density at radius 1 is 0.189 bits per heavy atom. The minimum absolute atomic E-state index is 0.324. The first-order valence-corrected chi connectivity index (χ1v) is 50.0. The number of hydrogen-bond acceptors (Lipinski definition) is 13. The van der Waals surface area contributed by atoms with E-state index in [0.29, 0.717) is 80.0 Å². The monoisotopic (exact) mass is 1690 g/mol. The van der Waals surface area contributed by atoms with Crippen molar-refractivity contribution in [2.75, 3.05) is 120 Å². The predicted molar refractivity (Wildman–Crippen MR) is 510 cm³/mol. The predicted octanol–water partition coefficient (Wildman–Crippen LogP) is 29.4. The molecule has 0 fully saturated rings. The zero-order valence-electron chi connectivity index (χ0n) is 77.5. The van der Waals surface area contributed by atoms with Crippen molar-refractivity contribution >= 4 is 0 Å². The highest BCUT2D eigenvalue weighted by atomic mass is 16.7. The van der Waals surface area contributed by atoms with E-state index in [1.54, 1.807) is 0 Å². The Kier molecular flexibility index (Phi) is 73.2. The SMILES string of the molecule is C=CCOCCCCCCCCCCCCCCCOCOCc1ccccc1COCOCCCCCCCCCCCCCCCOCCN(CCOCCCCCCCCCCCCCCCOCOCc1ccccc1COCOCCCCCCCCCCCCCCCOCC=C)C(c1ccccc1)(c1ccccc1)c1ccccc1. The molecule has 0 amide bonds. The molecule has 0 bridgehead atoms. The summed E-state index contributed by atoms with van der Waals surface area (Å²) in [5.74, 6) is 0. The molecule has 0 N–H and O–H groups in total. The molecule has 0 spiro atoms. The van der Waals surface area contributed by atoms with Crippen molar-refractivity contribution < 1.29 is 56.8 Å². The van der Waals surface area contributed by atoms with Gasteiger partial charge in [0.2, 0.25) is 0 Å². The highest BCUT2D eigenvalue weighted by Crippen LogP contribution is 2.42. The molecule has 0 saturated heterocycles. The van der Waals surface area contributed by atoms with Gasteiger partial charge in [0.05, 0.1) is 58.4 Å². The van der Waals surface area contributed by atoms with Gasteiger partial charge in [0, 0.05) is 65.9 Å². The summed E-state index contributed by atoms with van der Waals surface area (Å²) in [5.41, 5.74) is 7.85. The fraction of sp³-hybridized carbons (Fsp3) is 0.688. The molecule has 0 aliphatic carbocycles. The van der Waals surface area contributed by atoms with Gasteiger partial charge in [-0.05, 0) is 90.3 Å². The molecule has 5 aromatic carbocycles. The third-order valence-electron chi connectivity index (χ3n) is 23.8. The molecule has 0 aliphatic heterocycles. The van der Waals surface area contributed by atoms with Gasteiger partial charge in [-0.2, -0.15) is 0 Å². The number of hydrogen-bond donors (Lipinski definition) is 0. The summed E-state index contributed by atoms with van der Waals surface area (Å²) in [6.45, 7) is 21.5. The Bertz CT molecular complexity index is 2780. The summed E-state index contributed by atoms with van der Waals surface area (Å²) in [4.78, 5) is 2.64. The first kappa shape index (κ1) is 108. The molecular formula is C109H177NO12. The number of benzene rings is 5. The number of rotatable bonds is 94. The van der Waals surface area contributed by atoms with E-state index in [9.17, 15) is 0 Å². The lowest BCUT2D eigenvalue weighted by atomic mass is 9.75.